The van der Waals surface area contributed by atoms with Gasteiger partial charge in [0.05, 0.1) is 23.6 Å². The van der Waals surface area contributed by atoms with Crippen molar-refractivity contribution >= 4 is 35.1 Å². The summed E-state index contributed by atoms with van der Waals surface area (Å²) in [6.45, 7) is 0. The molecule has 0 spiro atoms. The molecule has 0 bridgehead atoms. The predicted molar refractivity (Wildman–Crippen MR) is 52.6 cm³/mol. The molecule has 13 heavy (non-hydrogen) atoms. The molecule has 7 heteroatoms. The molecule has 0 atom stereocenters. The van der Waals surface area contributed by atoms with Gasteiger partial charge in [0, 0.05) is 0 Å². The van der Waals surface area contributed by atoms with Gasteiger partial charge in [-0.1, -0.05) is 23.5 Å². The second kappa shape index (κ2) is 5.81. The van der Waals surface area contributed by atoms with Crippen molar-refractivity contribution in [1.82, 2.24) is 9.36 Å². The number of nitriles is 2. The summed E-state index contributed by atoms with van der Waals surface area (Å²) < 4.78 is 4.80. The molecule has 0 aliphatic rings. The number of nitrogens with zero attached hydrogens (tertiary/aromatic N) is 4. The molecule has 1 rings (SSSR count). The Hall–Kier alpha value is -0.760. The zero-order chi connectivity index (χ0) is 9.52. The van der Waals surface area contributed by atoms with E-state index in [1.807, 2.05) is 12.1 Å². The minimum absolute atomic E-state index is 0.360. The Kier molecular flexibility index (Phi) is 4.61. The normalized spacial score (nSPS) is 9.08. The first kappa shape index (κ1) is 10.3. The summed E-state index contributed by atoms with van der Waals surface area (Å²) in [5.74, 6) is 0.747. The minimum Gasteiger partial charge on any atom is -0.203 e. The predicted octanol–water partition coefficient (Wildman–Crippen LogP) is 1.77. The lowest BCUT2D eigenvalue weighted by Gasteiger charge is -1.85. The van der Waals surface area contributed by atoms with Gasteiger partial charge in [0.15, 0.2) is 4.34 Å². The molecule has 0 saturated heterocycles. The molecule has 0 aliphatic carbocycles. The maximum Gasteiger partial charge on any atom is 0.202 e. The van der Waals surface area contributed by atoms with Gasteiger partial charge in [-0.15, -0.1) is 0 Å². The molecule has 0 unspecified atom stereocenters. The highest BCUT2D eigenvalue weighted by atomic mass is 32.2. The molecule has 0 amide bonds. The molecule has 0 fully saturated rings. The summed E-state index contributed by atoms with van der Waals surface area (Å²) in [5, 5.41) is 17.2. The number of thioether (sulfide) groups is 2. The Balaban J connectivity index is 2.45. The van der Waals surface area contributed by atoms with Crippen LogP contribution in [-0.4, -0.2) is 20.9 Å². The lowest BCUT2D eigenvalue weighted by molar-refractivity contribution is 1.02. The van der Waals surface area contributed by atoms with Crippen molar-refractivity contribution in [1.29, 1.82) is 10.5 Å². The fourth-order valence-electron chi connectivity index (χ4n) is 0.505. The van der Waals surface area contributed by atoms with Crippen LogP contribution in [0.3, 0.4) is 0 Å². The van der Waals surface area contributed by atoms with E-state index in [2.05, 4.69) is 9.36 Å². The summed E-state index contributed by atoms with van der Waals surface area (Å²) in [4.78, 5) is 4.12. The second-order valence-corrected chi connectivity index (χ2v) is 4.65. The highest BCUT2D eigenvalue weighted by Crippen LogP contribution is 2.23. The largest absolute Gasteiger partial charge is 0.203 e. The highest BCUT2D eigenvalue weighted by molar-refractivity contribution is 8.01. The SMILES string of the molecule is N#CCSc1nsc(SCC#N)n1. The Labute approximate surface area is 88.1 Å². The zero-order valence-corrected chi connectivity index (χ0v) is 8.88. The topological polar surface area (TPSA) is 73.4 Å². The van der Waals surface area contributed by atoms with Crippen molar-refractivity contribution in [3.63, 3.8) is 0 Å². The van der Waals surface area contributed by atoms with Crippen molar-refractivity contribution in [2.24, 2.45) is 0 Å². The summed E-state index contributed by atoms with van der Waals surface area (Å²) in [6.07, 6.45) is 0. The van der Waals surface area contributed by atoms with E-state index < -0.39 is 0 Å². The average molecular weight is 228 g/mol. The van der Waals surface area contributed by atoms with Gasteiger partial charge >= 0.3 is 0 Å². The second-order valence-electron chi connectivity index (χ2n) is 1.74. The van der Waals surface area contributed by atoms with E-state index >= 15 is 0 Å². The van der Waals surface area contributed by atoms with Gasteiger partial charge in [-0.2, -0.15) is 14.9 Å². The summed E-state index contributed by atoms with van der Waals surface area (Å²) in [5.41, 5.74) is 0. The maximum absolute atomic E-state index is 8.31. The average Bonchev–Trinajstić information content (AvgIpc) is 2.59. The highest BCUT2D eigenvalue weighted by Gasteiger charge is 2.03. The van der Waals surface area contributed by atoms with Crippen LogP contribution < -0.4 is 0 Å². The van der Waals surface area contributed by atoms with E-state index in [4.69, 9.17) is 10.5 Å². The molecule has 1 heterocycles. The Morgan fingerprint density at radius 2 is 1.92 bits per heavy atom. The van der Waals surface area contributed by atoms with Crippen molar-refractivity contribution < 1.29 is 0 Å². The fourth-order valence-corrected chi connectivity index (χ4v) is 2.46. The standard InChI is InChI=1S/C6H4N4S3/c7-1-3-11-5-9-6(13-10-5)12-4-2-8/h3-4H2. The van der Waals surface area contributed by atoms with Crippen LogP contribution in [0, 0.1) is 22.7 Å². The van der Waals surface area contributed by atoms with E-state index in [9.17, 15) is 0 Å². The minimum atomic E-state index is 0.360. The van der Waals surface area contributed by atoms with E-state index in [0.29, 0.717) is 16.7 Å². The fraction of sp³-hybridized carbons (Fsp3) is 0.333. The molecule has 0 saturated carbocycles. The van der Waals surface area contributed by atoms with Crippen LogP contribution in [0.15, 0.2) is 9.50 Å². The van der Waals surface area contributed by atoms with Gasteiger partial charge in [0.2, 0.25) is 5.16 Å². The molecule has 0 radical (unpaired) electrons. The van der Waals surface area contributed by atoms with Gasteiger partial charge in [-0.3, -0.25) is 0 Å². The number of rotatable bonds is 4. The van der Waals surface area contributed by atoms with E-state index in [1.165, 1.54) is 35.1 Å². The van der Waals surface area contributed by atoms with Crippen LogP contribution in [0.5, 0.6) is 0 Å². The van der Waals surface area contributed by atoms with Gasteiger partial charge in [-0.25, -0.2) is 4.98 Å². The van der Waals surface area contributed by atoms with E-state index in [-0.39, 0.29) is 0 Å². The Bertz CT molecular complexity index is 315. The molecular weight excluding hydrogens is 224 g/mol. The number of aromatic nitrogens is 2. The van der Waals surface area contributed by atoms with Gasteiger partial charge in [0.25, 0.3) is 0 Å². The van der Waals surface area contributed by atoms with Crippen molar-refractivity contribution in [2.75, 3.05) is 11.5 Å². The number of hydrogen-bond donors (Lipinski definition) is 0. The Morgan fingerprint density at radius 1 is 1.23 bits per heavy atom. The van der Waals surface area contributed by atoms with Crippen molar-refractivity contribution in [2.45, 2.75) is 9.50 Å². The van der Waals surface area contributed by atoms with Gasteiger partial charge < -0.3 is 0 Å². The lowest BCUT2D eigenvalue weighted by Crippen LogP contribution is -1.77. The van der Waals surface area contributed by atoms with E-state index in [1.54, 1.807) is 0 Å². The molecule has 4 nitrogen and oxygen atoms in total. The third-order valence-electron chi connectivity index (χ3n) is 0.915. The zero-order valence-electron chi connectivity index (χ0n) is 6.43. The van der Waals surface area contributed by atoms with Gasteiger partial charge in [0.1, 0.15) is 0 Å². The number of hydrogen-bond acceptors (Lipinski definition) is 7. The van der Waals surface area contributed by atoms with Crippen LogP contribution >= 0.6 is 35.1 Å². The quantitative estimate of drug-likeness (QED) is 0.731. The molecular formula is C6H4N4S3. The first-order valence-corrected chi connectivity index (χ1v) is 5.94. The molecule has 66 valence electrons. The van der Waals surface area contributed by atoms with Gasteiger partial charge in [-0.05, 0) is 11.5 Å². The smallest absolute Gasteiger partial charge is 0.202 e. The van der Waals surface area contributed by atoms with Crippen molar-refractivity contribution in [3.05, 3.63) is 0 Å². The first-order chi connectivity index (χ1) is 6.36. The summed E-state index contributed by atoms with van der Waals surface area (Å²) in [6, 6.07) is 4.01. The van der Waals surface area contributed by atoms with Crippen LogP contribution in [0.1, 0.15) is 0 Å². The molecule has 0 aliphatic heterocycles. The molecule has 0 aromatic carbocycles. The summed E-state index contributed by atoms with van der Waals surface area (Å²) >= 11 is 3.93. The maximum atomic E-state index is 8.31. The molecule has 1 aromatic rings. The van der Waals surface area contributed by atoms with Crippen LogP contribution in [0.2, 0.25) is 0 Å². The van der Waals surface area contributed by atoms with Crippen LogP contribution in [0.4, 0.5) is 0 Å². The third kappa shape index (κ3) is 3.64. The Morgan fingerprint density at radius 3 is 2.62 bits per heavy atom. The third-order valence-corrected chi connectivity index (χ3v) is 3.45. The van der Waals surface area contributed by atoms with Crippen LogP contribution in [0.25, 0.3) is 0 Å². The molecule has 1 aromatic heterocycles. The van der Waals surface area contributed by atoms with E-state index in [0.717, 1.165) is 4.34 Å². The summed E-state index contributed by atoms with van der Waals surface area (Å²) in [7, 11) is 0. The first-order valence-electron chi connectivity index (χ1n) is 3.20. The lowest BCUT2D eigenvalue weighted by atomic mass is 10.9. The molecule has 0 N–H and O–H groups in total. The monoisotopic (exact) mass is 228 g/mol. The van der Waals surface area contributed by atoms with Crippen LogP contribution in [-0.2, 0) is 0 Å². The van der Waals surface area contributed by atoms with Crippen molar-refractivity contribution in [3.8, 4) is 12.1 Å².